The Balaban J connectivity index is 2.41. The molecule has 1 rings (SSSR count). The molecule has 106 valence electrons. The molecule has 0 bridgehead atoms. The van der Waals surface area contributed by atoms with Gasteiger partial charge in [0.15, 0.2) is 0 Å². The van der Waals surface area contributed by atoms with Crippen molar-refractivity contribution in [2.45, 2.75) is 78.5 Å². The highest BCUT2D eigenvalue weighted by atomic mass is 16.7. The highest BCUT2D eigenvalue weighted by molar-refractivity contribution is 6.45. The first-order chi connectivity index (χ1) is 7.93. The molecule has 1 fully saturated rings. The normalized spacial score (nSPS) is 24.3. The summed E-state index contributed by atoms with van der Waals surface area (Å²) in [5.41, 5.74) is -0.256. The third-order valence-electron chi connectivity index (χ3n) is 3.88. The Morgan fingerprint density at radius 1 is 1.06 bits per heavy atom. The molecule has 0 aromatic rings. The van der Waals surface area contributed by atoms with Crippen LogP contribution in [-0.2, 0) is 9.31 Å². The molecule has 0 spiro atoms. The van der Waals surface area contributed by atoms with Crippen LogP contribution in [0.25, 0.3) is 0 Å². The fourth-order valence-electron chi connectivity index (χ4n) is 1.95. The minimum absolute atomic E-state index is 0.0771. The monoisotopic (exact) mass is 255 g/mol. The first-order valence-electron chi connectivity index (χ1n) is 7.04. The van der Waals surface area contributed by atoms with Crippen molar-refractivity contribution in [2.24, 2.45) is 5.92 Å². The molecule has 0 amide bonds. The van der Waals surface area contributed by atoms with Crippen LogP contribution >= 0.6 is 0 Å². The summed E-state index contributed by atoms with van der Waals surface area (Å²) in [5, 5.41) is 3.53. The first-order valence-corrected chi connectivity index (χ1v) is 7.04. The molecule has 1 unspecified atom stereocenters. The summed E-state index contributed by atoms with van der Waals surface area (Å²) in [7, 11) is -0.0771. The van der Waals surface area contributed by atoms with E-state index >= 15 is 0 Å². The fourth-order valence-corrected chi connectivity index (χ4v) is 1.95. The number of nitrogens with one attached hydrogen (secondary N) is 1. The van der Waals surface area contributed by atoms with Gasteiger partial charge in [0.2, 0.25) is 0 Å². The molecular weight excluding hydrogens is 225 g/mol. The molecule has 0 aromatic heterocycles. The van der Waals surface area contributed by atoms with Crippen LogP contribution in [0.1, 0.15) is 55.4 Å². The van der Waals surface area contributed by atoms with Crippen LogP contribution in [-0.4, -0.2) is 30.4 Å². The second-order valence-corrected chi connectivity index (χ2v) is 7.66. The van der Waals surface area contributed by atoms with E-state index in [-0.39, 0.29) is 23.9 Å². The van der Waals surface area contributed by atoms with Crippen LogP contribution in [0, 0.1) is 5.92 Å². The van der Waals surface area contributed by atoms with Gasteiger partial charge in [-0.1, -0.05) is 6.92 Å². The molecule has 0 aromatic carbocycles. The van der Waals surface area contributed by atoms with Crippen molar-refractivity contribution in [3.05, 3.63) is 0 Å². The Morgan fingerprint density at radius 3 is 1.89 bits per heavy atom. The summed E-state index contributed by atoms with van der Waals surface area (Å²) in [6.45, 7) is 18.2. The lowest BCUT2D eigenvalue weighted by Crippen LogP contribution is -2.41. The lowest BCUT2D eigenvalue weighted by molar-refractivity contribution is 0.00578. The zero-order chi connectivity index (χ0) is 14.2. The summed E-state index contributed by atoms with van der Waals surface area (Å²) in [6, 6.07) is 0. The van der Waals surface area contributed by atoms with Crippen LogP contribution < -0.4 is 5.32 Å². The van der Waals surface area contributed by atoms with E-state index in [9.17, 15) is 0 Å². The highest BCUT2D eigenvalue weighted by Gasteiger charge is 2.50. The summed E-state index contributed by atoms with van der Waals surface area (Å²) in [6.07, 6.45) is 0.940. The van der Waals surface area contributed by atoms with E-state index in [0.29, 0.717) is 5.92 Å². The standard InChI is InChI=1S/C14H30BNO2/c1-11(10-16-12(2,3)4)9-15-17-13(5,6)14(7,8)18-15/h11,16H,9-10H2,1-8H3. The predicted molar refractivity (Wildman–Crippen MR) is 77.8 cm³/mol. The molecule has 0 radical (unpaired) electrons. The van der Waals surface area contributed by atoms with Gasteiger partial charge in [-0.2, -0.15) is 0 Å². The average molecular weight is 255 g/mol. The van der Waals surface area contributed by atoms with Gasteiger partial charge in [0.1, 0.15) is 0 Å². The molecule has 18 heavy (non-hydrogen) atoms. The molecule has 3 nitrogen and oxygen atoms in total. The molecule has 0 aliphatic carbocycles. The summed E-state index contributed by atoms with van der Waals surface area (Å²) >= 11 is 0. The quantitative estimate of drug-likeness (QED) is 0.783. The Kier molecular flexibility index (Phi) is 4.57. The van der Waals surface area contributed by atoms with Gasteiger partial charge in [-0.15, -0.1) is 0 Å². The van der Waals surface area contributed by atoms with Crippen LogP contribution in [0.4, 0.5) is 0 Å². The first kappa shape index (κ1) is 16.0. The topological polar surface area (TPSA) is 30.5 Å². The predicted octanol–water partition coefficient (Wildman–Crippen LogP) is 3.10. The number of hydrogen-bond donors (Lipinski definition) is 1. The zero-order valence-electron chi connectivity index (χ0n) is 13.4. The lowest BCUT2D eigenvalue weighted by atomic mass is 9.78. The minimum atomic E-state index is -0.213. The zero-order valence-corrected chi connectivity index (χ0v) is 13.4. The van der Waals surface area contributed by atoms with Crippen molar-refractivity contribution in [3.63, 3.8) is 0 Å². The molecule has 0 saturated carbocycles. The van der Waals surface area contributed by atoms with Gasteiger partial charge in [-0.3, -0.25) is 0 Å². The van der Waals surface area contributed by atoms with Crippen LogP contribution in [0.15, 0.2) is 0 Å². The second kappa shape index (κ2) is 5.14. The van der Waals surface area contributed by atoms with Gasteiger partial charge in [0.25, 0.3) is 0 Å². The van der Waals surface area contributed by atoms with E-state index in [1.807, 2.05) is 0 Å². The van der Waals surface area contributed by atoms with Crippen molar-refractivity contribution in [2.75, 3.05) is 6.54 Å². The summed E-state index contributed by atoms with van der Waals surface area (Å²) in [4.78, 5) is 0. The largest absolute Gasteiger partial charge is 0.458 e. The van der Waals surface area contributed by atoms with Gasteiger partial charge in [0.05, 0.1) is 11.2 Å². The average Bonchev–Trinajstić information content (AvgIpc) is 2.30. The summed E-state index contributed by atoms with van der Waals surface area (Å²) in [5.74, 6) is 0.541. The smallest absolute Gasteiger partial charge is 0.403 e. The van der Waals surface area contributed by atoms with Crippen molar-refractivity contribution < 1.29 is 9.31 Å². The highest BCUT2D eigenvalue weighted by Crippen LogP contribution is 2.38. The minimum Gasteiger partial charge on any atom is -0.403 e. The molecule has 1 atom stereocenters. The van der Waals surface area contributed by atoms with E-state index in [4.69, 9.17) is 9.31 Å². The van der Waals surface area contributed by atoms with Gasteiger partial charge in [0, 0.05) is 5.54 Å². The number of rotatable bonds is 4. The second-order valence-electron chi connectivity index (χ2n) is 7.66. The van der Waals surface area contributed by atoms with Gasteiger partial charge >= 0.3 is 7.12 Å². The Morgan fingerprint density at radius 2 is 1.50 bits per heavy atom. The lowest BCUT2D eigenvalue weighted by Gasteiger charge is -2.32. The van der Waals surface area contributed by atoms with Crippen LogP contribution in [0.5, 0.6) is 0 Å². The molecule has 1 heterocycles. The maximum atomic E-state index is 6.02. The van der Waals surface area contributed by atoms with E-state index in [2.05, 4.69) is 60.7 Å². The Labute approximate surface area is 113 Å². The van der Waals surface area contributed by atoms with Crippen molar-refractivity contribution in [3.8, 4) is 0 Å². The van der Waals surface area contributed by atoms with Gasteiger partial charge in [-0.25, -0.2) is 0 Å². The maximum Gasteiger partial charge on any atom is 0.458 e. The Bertz CT molecular complexity index is 268. The molecule has 1 saturated heterocycles. The van der Waals surface area contributed by atoms with Gasteiger partial charge in [-0.05, 0) is 67.2 Å². The third kappa shape index (κ3) is 4.25. The van der Waals surface area contributed by atoms with Gasteiger partial charge < -0.3 is 14.6 Å². The fraction of sp³-hybridized carbons (Fsp3) is 1.00. The van der Waals surface area contributed by atoms with Crippen molar-refractivity contribution in [1.29, 1.82) is 0 Å². The molecular formula is C14H30BNO2. The van der Waals surface area contributed by atoms with E-state index in [1.165, 1.54) is 0 Å². The molecule has 1 N–H and O–H groups in total. The molecule has 1 aliphatic heterocycles. The van der Waals surface area contributed by atoms with Crippen molar-refractivity contribution in [1.82, 2.24) is 5.32 Å². The SMILES string of the molecule is CC(CNC(C)(C)C)CB1OC(C)(C)C(C)(C)O1. The van der Waals surface area contributed by atoms with E-state index < -0.39 is 0 Å². The van der Waals surface area contributed by atoms with Crippen molar-refractivity contribution >= 4 is 7.12 Å². The van der Waals surface area contributed by atoms with Crippen LogP contribution in [0.2, 0.25) is 6.32 Å². The van der Waals surface area contributed by atoms with E-state index in [1.54, 1.807) is 0 Å². The summed E-state index contributed by atoms with van der Waals surface area (Å²) < 4.78 is 12.0. The molecule has 4 heteroatoms. The van der Waals surface area contributed by atoms with E-state index in [0.717, 1.165) is 12.9 Å². The molecule has 1 aliphatic rings. The maximum absolute atomic E-state index is 6.02. The Hall–Kier alpha value is -0.0551. The third-order valence-corrected chi connectivity index (χ3v) is 3.88. The van der Waals surface area contributed by atoms with Crippen LogP contribution in [0.3, 0.4) is 0 Å². The number of hydrogen-bond acceptors (Lipinski definition) is 3.